The summed E-state index contributed by atoms with van der Waals surface area (Å²) in [5.41, 5.74) is 1.13. The van der Waals surface area contributed by atoms with Crippen molar-refractivity contribution in [2.24, 2.45) is 11.8 Å². The van der Waals surface area contributed by atoms with Gasteiger partial charge in [0.05, 0.1) is 5.92 Å². The molecule has 124 valence electrons. The van der Waals surface area contributed by atoms with E-state index in [1.807, 2.05) is 18.2 Å². The molecule has 0 aliphatic carbocycles. The van der Waals surface area contributed by atoms with E-state index in [4.69, 9.17) is 0 Å². The lowest BCUT2D eigenvalue weighted by Crippen LogP contribution is -2.50. The second-order valence-electron chi connectivity index (χ2n) is 6.36. The van der Waals surface area contributed by atoms with Gasteiger partial charge in [0.15, 0.2) is 0 Å². The Kier molecular flexibility index (Phi) is 7.91. The fourth-order valence-electron chi connectivity index (χ4n) is 3.14. The van der Waals surface area contributed by atoms with Crippen LogP contribution >= 0.6 is 12.4 Å². The molecule has 3 nitrogen and oxygen atoms in total. The number of amides is 1. The van der Waals surface area contributed by atoms with Crippen molar-refractivity contribution in [2.75, 3.05) is 13.1 Å². The second-order valence-corrected chi connectivity index (χ2v) is 6.36. The minimum atomic E-state index is -0.0433. The van der Waals surface area contributed by atoms with Crippen LogP contribution in [0.5, 0.6) is 0 Å². The fourth-order valence-corrected chi connectivity index (χ4v) is 3.14. The molecule has 1 heterocycles. The summed E-state index contributed by atoms with van der Waals surface area (Å²) in [7, 11) is 0. The van der Waals surface area contributed by atoms with Gasteiger partial charge in [0.1, 0.15) is 0 Å². The molecule has 0 radical (unpaired) electrons. The average molecular weight is 325 g/mol. The number of halogens is 1. The van der Waals surface area contributed by atoms with Gasteiger partial charge < -0.3 is 10.6 Å². The van der Waals surface area contributed by atoms with Gasteiger partial charge in [-0.2, -0.15) is 0 Å². The Morgan fingerprint density at radius 3 is 2.64 bits per heavy atom. The molecule has 4 unspecified atom stereocenters. The van der Waals surface area contributed by atoms with Crippen molar-refractivity contribution in [2.45, 2.75) is 45.6 Å². The van der Waals surface area contributed by atoms with Gasteiger partial charge >= 0.3 is 0 Å². The number of carbonyl (C=O) groups is 1. The van der Waals surface area contributed by atoms with E-state index in [0.717, 1.165) is 31.5 Å². The molecule has 1 aliphatic rings. The monoisotopic (exact) mass is 324 g/mol. The molecule has 4 heteroatoms. The number of nitrogens with one attached hydrogen (secondary N) is 2. The first-order chi connectivity index (χ1) is 10.1. The van der Waals surface area contributed by atoms with Gasteiger partial charge in [0.2, 0.25) is 5.91 Å². The van der Waals surface area contributed by atoms with Crippen molar-refractivity contribution in [3.8, 4) is 0 Å². The van der Waals surface area contributed by atoms with Crippen molar-refractivity contribution in [3.05, 3.63) is 35.9 Å². The number of piperidine rings is 1. The van der Waals surface area contributed by atoms with E-state index in [1.165, 1.54) is 0 Å². The summed E-state index contributed by atoms with van der Waals surface area (Å²) in [6.45, 7) is 8.51. The number of carbonyl (C=O) groups excluding carboxylic acids is 1. The van der Waals surface area contributed by atoms with E-state index in [2.05, 4.69) is 43.5 Å². The molecule has 0 spiro atoms. The number of hydrogen-bond acceptors (Lipinski definition) is 2. The molecule has 0 bridgehead atoms. The van der Waals surface area contributed by atoms with Crippen molar-refractivity contribution in [1.29, 1.82) is 0 Å². The Bertz CT molecular complexity index is 452. The normalized spacial score (nSPS) is 24.0. The van der Waals surface area contributed by atoms with Gasteiger partial charge in [0, 0.05) is 6.04 Å². The maximum absolute atomic E-state index is 12.8. The molecule has 4 atom stereocenters. The van der Waals surface area contributed by atoms with Crippen LogP contribution in [-0.2, 0) is 4.79 Å². The van der Waals surface area contributed by atoms with Gasteiger partial charge in [-0.25, -0.2) is 0 Å². The van der Waals surface area contributed by atoms with Crippen LogP contribution in [0, 0.1) is 11.8 Å². The Balaban J connectivity index is 0.00000242. The van der Waals surface area contributed by atoms with E-state index >= 15 is 0 Å². The predicted molar refractivity (Wildman–Crippen MR) is 94.5 cm³/mol. The molecule has 1 saturated heterocycles. The fraction of sp³-hybridized carbons (Fsp3) is 0.611. The zero-order valence-corrected chi connectivity index (χ0v) is 14.7. The highest BCUT2D eigenvalue weighted by atomic mass is 35.5. The molecule has 1 aromatic rings. The molecular weight excluding hydrogens is 296 g/mol. The van der Waals surface area contributed by atoms with Gasteiger partial charge in [-0.1, -0.05) is 57.5 Å². The molecule has 1 amide bonds. The van der Waals surface area contributed by atoms with Crippen LogP contribution in [0.3, 0.4) is 0 Å². The quantitative estimate of drug-likeness (QED) is 0.872. The number of rotatable bonds is 5. The van der Waals surface area contributed by atoms with Gasteiger partial charge in [0.25, 0.3) is 0 Å². The maximum atomic E-state index is 12.8. The summed E-state index contributed by atoms with van der Waals surface area (Å²) in [5, 5.41) is 6.68. The zero-order valence-electron chi connectivity index (χ0n) is 13.8. The summed E-state index contributed by atoms with van der Waals surface area (Å²) >= 11 is 0. The molecule has 1 aromatic carbocycles. The van der Waals surface area contributed by atoms with E-state index in [1.54, 1.807) is 0 Å². The highest BCUT2D eigenvalue weighted by Gasteiger charge is 2.29. The van der Waals surface area contributed by atoms with Crippen molar-refractivity contribution in [3.63, 3.8) is 0 Å². The third-order valence-electron chi connectivity index (χ3n) is 4.77. The molecule has 2 rings (SSSR count). The molecule has 1 fully saturated rings. The Morgan fingerprint density at radius 1 is 1.36 bits per heavy atom. The molecule has 2 N–H and O–H groups in total. The minimum Gasteiger partial charge on any atom is -0.352 e. The van der Waals surface area contributed by atoms with Crippen LogP contribution in [0.25, 0.3) is 0 Å². The summed E-state index contributed by atoms with van der Waals surface area (Å²) in [4.78, 5) is 12.8. The van der Waals surface area contributed by atoms with E-state index in [9.17, 15) is 4.79 Å². The van der Waals surface area contributed by atoms with Crippen LogP contribution in [0.1, 0.15) is 45.1 Å². The summed E-state index contributed by atoms with van der Waals surface area (Å²) in [6.07, 6.45) is 2.03. The first-order valence-electron chi connectivity index (χ1n) is 8.19. The van der Waals surface area contributed by atoms with Crippen LogP contribution in [0.4, 0.5) is 0 Å². The standard InChI is InChI=1S/C18H28N2O.ClH/c1-4-13(2)17(15-8-6-5-7-9-15)18(21)20-16-10-11-19-12-14(16)3;/h5-9,13-14,16-17,19H,4,10-12H2,1-3H3,(H,20,21);1H. The Labute approximate surface area is 140 Å². The molecule has 1 aliphatic heterocycles. The van der Waals surface area contributed by atoms with E-state index < -0.39 is 0 Å². The summed E-state index contributed by atoms with van der Waals surface area (Å²) in [6, 6.07) is 10.5. The SMILES string of the molecule is CCC(C)C(C(=O)NC1CCNCC1C)c1ccccc1.Cl. The van der Waals surface area contributed by atoms with E-state index in [0.29, 0.717) is 17.9 Å². The lowest BCUT2D eigenvalue weighted by Gasteiger charge is -2.32. The Hall–Kier alpha value is -1.06. The summed E-state index contributed by atoms with van der Waals surface area (Å²) < 4.78 is 0. The van der Waals surface area contributed by atoms with Crippen molar-refractivity contribution < 1.29 is 4.79 Å². The topological polar surface area (TPSA) is 41.1 Å². The lowest BCUT2D eigenvalue weighted by molar-refractivity contribution is -0.124. The van der Waals surface area contributed by atoms with Gasteiger partial charge in [-0.15, -0.1) is 12.4 Å². The summed E-state index contributed by atoms with van der Waals surface area (Å²) in [5.74, 6) is 0.994. The smallest absolute Gasteiger partial charge is 0.228 e. The molecule has 0 saturated carbocycles. The Morgan fingerprint density at radius 2 is 2.05 bits per heavy atom. The first kappa shape index (κ1) is 19.0. The molecule has 22 heavy (non-hydrogen) atoms. The third-order valence-corrected chi connectivity index (χ3v) is 4.77. The van der Waals surface area contributed by atoms with Crippen LogP contribution < -0.4 is 10.6 Å². The second kappa shape index (κ2) is 9.16. The molecular formula is C18H29ClN2O. The minimum absolute atomic E-state index is 0. The maximum Gasteiger partial charge on any atom is 0.228 e. The van der Waals surface area contributed by atoms with Gasteiger partial charge in [-0.3, -0.25) is 4.79 Å². The van der Waals surface area contributed by atoms with Crippen LogP contribution in [-0.4, -0.2) is 25.0 Å². The van der Waals surface area contributed by atoms with Crippen LogP contribution in [0.15, 0.2) is 30.3 Å². The van der Waals surface area contributed by atoms with Crippen molar-refractivity contribution in [1.82, 2.24) is 10.6 Å². The largest absolute Gasteiger partial charge is 0.352 e. The van der Waals surface area contributed by atoms with Crippen molar-refractivity contribution >= 4 is 18.3 Å². The highest BCUT2D eigenvalue weighted by molar-refractivity contribution is 5.85. The van der Waals surface area contributed by atoms with Gasteiger partial charge in [-0.05, 0) is 36.9 Å². The van der Waals surface area contributed by atoms with Crippen LogP contribution in [0.2, 0.25) is 0 Å². The number of benzene rings is 1. The zero-order chi connectivity index (χ0) is 15.2. The third kappa shape index (κ3) is 4.72. The number of hydrogen-bond donors (Lipinski definition) is 2. The highest BCUT2D eigenvalue weighted by Crippen LogP contribution is 2.27. The van der Waals surface area contributed by atoms with E-state index in [-0.39, 0.29) is 24.2 Å². The predicted octanol–water partition coefficient (Wildman–Crippen LogP) is 3.35. The first-order valence-corrected chi connectivity index (χ1v) is 8.19. The molecule has 0 aromatic heterocycles. The lowest BCUT2D eigenvalue weighted by atomic mass is 9.84. The average Bonchev–Trinajstić information content (AvgIpc) is 2.50.